The predicted molar refractivity (Wildman–Crippen MR) is 92.7 cm³/mol. The Labute approximate surface area is 139 Å². The summed E-state index contributed by atoms with van der Waals surface area (Å²) in [5.74, 6) is 0. The Hall–Kier alpha value is -0.930. The molecule has 2 atom stereocenters. The van der Waals surface area contributed by atoms with Crippen LogP contribution in [0.3, 0.4) is 0 Å². The SMILES string of the molecule is CCOP(=O)(OCC)C(c1cccc(C)c1)C1(O)C=CCCC1. The second-order valence-electron chi connectivity index (χ2n) is 5.98. The molecule has 1 aromatic carbocycles. The van der Waals surface area contributed by atoms with E-state index in [-0.39, 0.29) is 13.2 Å². The Kier molecular flexibility index (Phi) is 6.21. The minimum absolute atomic E-state index is 0.277. The van der Waals surface area contributed by atoms with Crippen molar-refractivity contribution in [1.82, 2.24) is 0 Å². The van der Waals surface area contributed by atoms with E-state index in [9.17, 15) is 9.67 Å². The van der Waals surface area contributed by atoms with Gasteiger partial charge in [-0.15, -0.1) is 0 Å². The number of benzene rings is 1. The van der Waals surface area contributed by atoms with Gasteiger partial charge >= 0.3 is 7.60 Å². The predicted octanol–water partition coefficient (Wildman–Crippen LogP) is 4.77. The average Bonchev–Trinajstić information content (AvgIpc) is 2.48. The molecule has 0 bridgehead atoms. The van der Waals surface area contributed by atoms with Gasteiger partial charge in [0.1, 0.15) is 11.3 Å². The molecule has 2 unspecified atom stereocenters. The lowest BCUT2D eigenvalue weighted by Crippen LogP contribution is -2.36. The molecular weight excluding hydrogens is 311 g/mol. The zero-order valence-electron chi connectivity index (χ0n) is 14.2. The van der Waals surface area contributed by atoms with Gasteiger partial charge in [-0.25, -0.2) is 0 Å². The summed E-state index contributed by atoms with van der Waals surface area (Å²) >= 11 is 0. The van der Waals surface area contributed by atoms with Gasteiger partial charge in [0, 0.05) is 0 Å². The highest BCUT2D eigenvalue weighted by Crippen LogP contribution is 2.66. The van der Waals surface area contributed by atoms with Crippen LogP contribution < -0.4 is 0 Å². The fraction of sp³-hybridized carbons (Fsp3) is 0.556. The van der Waals surface area contributed by atoms with Crippen molar-refractivity contribution in [3.8, 4) is 0 Å². The van der Waals surface area contributed by atoms with Crippen molar-refractivity contribution in [2.24, 2.45) is 0 Å². The maximum atomic E-state index is 13.5. The van der Waals surface area contributed by atoms with Crippen LogP contribution in [0.5, 0.6) is 0 Å². The van der Waals surface area contributed by atoms with Crippen molar-refractivity contribution < 1.29 is 18.7 Å². The molecule has 0 amide bonds. The molecule has 2 rings (SSSR count). The van der Waals surface area contributed by atoms with Crippen molar-refractivity contribution >= 4 is 7.60 Å². The quantitative estimate of drug-likeness (QED) is 0.574. The van der Waals surface area contributed by atoms with E-state index in [4.69, 9.17) is 9.05 Å². The maximum absolute atomic E-state index is 13.5. The van der Waals surface area contributed by atoms with E-state index in [1.807, 2.05) is 37.3 Å². The van der Waals surface area contributed by atoms with Crippen LogP contribution in [0, 0.1) is 6.92 Å². The van der Waals surface area contributed by atoms with Gasteiger partial charge in [-0.2, -0.15) is 0 Å². The lowest BCUT2D eigenvalue weighted by atomic mass is 9.84. The Morgan fingerprint density at radius 2 is 2.00 bits per heavy atom. The first-order valence-electron chi connectivity index (χ1n) is 8.30. The molecule has 0 aliphatic heterocycles. The molecule has 1 N–H and O–H groups in total. The van der Waals surface area contributed by atoms with Crippen LogP contribution in [0.25, 0.3) is 0 Å². The van der Waals surface area contributed by atoms with Crippen LogP contribution in [0.1, 0.15) is 49.9 Å². The zero-order valence-corrected chi connectivity index (χ0v) is 15.1. The van der Waals surface area contributed by atoms with Crippen molar-refractivity contribution in [2.45, 2.75) is 51.3 Å². The van der Waals surface area contributed by atoms with Crippen LogP contribution in [0.2, 0.25) is 0 Å². The van der Waals surface area contributed by atoms with E-state index < -0.39 is 18.9 Å². The summed E-state index contributed by atoms with van der Waals surface area (Å²) in [6.45, 7) is 6.12. The van der Waals surface area contributed by atoms with E-state index in [0.717, 1.165) is 24.0 Å². The number of aryl methyl sites for hydroxylation is 1. The number of hydrogen-bond donors (Lipinski definition) is 1. The number of hydrogen-bond acceptors (Lipinski definition) is 4. The zero-order chi connectivity index (χ0) is 16.9. The Bertz CT molecular complexity index is 588. The standard InChI is InChI=1S/C18H27O4P/c1-4-21-23(20,22-5-2)17(16-11-9-10-15(3)14-16)18(19)12-7-6-8-13-18/h7,9-12,14,17,19H,4-6,8,13H2,1-3H3. The third-order valence-electron chi connectivity index (χ3n) is 4.12. The second kappa shape index (κ2) is 7.76. The van der Waals surface area contributed by atoms with Crippen molar-refractivity contribution in [2.75, 3.05) is 13.2 Å². The van der Waals surface area contributed by atoms with E-state index in [1.165, 1.54) is 0 Å². The van der Waals surface area contributed by atoms with Crippen LogP contribution in [-0.4, -0.2) is 23.9 Å². The Morgan fingerprint density at radius 3 is 2.52 bits per heavy atom. The molecule has 1 aliphatic rings. The molecule has 0 aromatic heterocycles. The van der Waals surface area contributed by atoms with Gasteiger partial charge < -0.3 is 14.2 Å². The van der Waals surface area contributed by atoms with Gasteiger partial charge in [-0.3, -0.25) is 4.57 Å². The molecule has 5 heteroatoms. The topological polar surface area (TPSA) is 55.8 Å². The first-order valence-corrected chi connectivity index (χ1v) is 9.92. The highest BCUT2D eigenvalue weighted by molar-refractivity contribution is 7.54. The van der Waals surface area contributed by atoms with Gasteiger partial charge in [0.05, 0.1) is 13.2 Å². The molecule has 0 heterocycles. The number of rotatable bonds is 7. The molecule has 0 saturated heterocycles. The van der Waals surface area contributed by atoms with Gasteiger partial charge in [-0.05, 0) is 45.6 Å². The fourth-order valence-corrected chi connectivity index (χ4v) is 5.61. The van der Waals surface area contributed by atoms with E-state index in [0.29, 0.717) is 6.42 Å². The van der Waals surface area contributed by atoms with Crippen molar-refractivity contribution in [3.05, 3.63) is 47.5 Å². The fourth-order valence-electron chi connectivity index (χ4n) is 3.23. The Balaban J connectivity index is 2.56. The van der Waals surface area contributed by atoms with Gasteiger partial charge in [0.2, 0.25) is 0 Å². The second-order valence-corrected chi connectivity index (χ2v) is 8.09. The Morgan fingerprint density at radius 1 is 1.30 bits per heavy atom. The molecule has 1 aliphatic carbocycles. The number of allylic oxidation sites excluding steroid dienone is 1. The van der Waals surface area contributed by atoms with E-state index in [2.05, 4.69) is 0 Å². The lowest BCUT2D eigenvalue weighted by Gasteiger charge is -2.39. The first kappa shape index (κ1) is 18.4. The van der Waals surface area contributed by atoms with Crippen LogP contribution >= 0.6 is 7.60 Å². The normalized spacial score (nSPS) is 23.0. The summed E-state index contributed by atoms with van der Waals surface area (Å²) < 4.78 is 24.7. The van der Waals surface area contributed by atoms with Gasteiger partial charge in [0.25, 0.3) is 0 Å². The summed E-state index contributed by atoms with van der Waals surface area (Å²) in [7, 11) is -3.51. The molecule has 128 valence electrons. The van der Waals surface area contributed by atoms with Crippen LogP contribution in [-0.2, 0) is 13.6 Å². The molecule has 0 fully saturated rings. The highest BCUT2D eigenvalue weighted by atomic mass is 31.2. The number of aliphatic hydroxyl groups is 1. The summed E-state index contributed by atoms with van der Waals surface area (Å²) in [6, 6.07) is 7.74. The molecular formula is C18H27O4P. The third kappa shape index (κ3) is 4.13. The van der Waals surface area contributed by atoms with Gasteiger partial charge in [-0.1, -0.05) is 42.0 Å². The van der Waals surface area contributed by atoms with E-state index in [1.54, 1.807) is 19.9 Å². The summed E-state index contributed by atoms with van der Waals surface area (Å²) in [4.78, 5) is 0. The third-order valence-corrected chi connectivity index (χ3v) is 6.73. The monoisotopic (exact) mass is 338 g/mol. The van der Waals surface area contributed by atoms with Crippen molar-refractivity contribution in [1.29, 1.82) is 0 Å². The van der Waals surface area contributed by atoms with Crippen molar-refractivity contribution in [3.63, 3.8) is 0 Å². The maximum Gasteiger partial charge on any atom is 0.341 e. The van der Waals surface area contributed by atoms with E-state index >= 15 is 0 Å². The summed E-state index contributed by atoms with van der Waals surface area (Å²) in [5, 5.41) is 11.2. The summed E-state index contributed by atoms with van der Waals surface area (Å²) in [6.07, 6.45) is 6.05. The minimum Gasteiger partial charge on any atom is -0.384 e. The molecule has 4 nitrogen and oxygen atoms in total. The summed E-state index contributed by atoms with van der Waals surface area (Å²) in [5.41, 5.74) is -0.0857. The average molecular weight is 338 g/mol. The highest BCUT2D eigenvalue weighted by Gasteiger charge is 2.50. The molecule has 1 aromatic rings. The molecule has 23 heavy (non-hydrogen) atoms. The van der Waals surface area contributed by atoms with Gasteiger partial charge in [0.15, 0.2) is 0 Å². The first-order chi connectivity index (χ1) is 10.9. The largest absolute Gasteiger partial charge is 0.384 e. The smallest absolute Gasteiger partial charge is 0.341 e. The molecule has 0 saturated carbocycles. The van der Waals surface area contributed by atoms with Crippen LogP contribution in [0.15, 0.2) is 36.4 Å². The van der Waals surface area contributed by atoms with Crippen LogP contribution in [0.4, 0.5) is 0 Å². The molecule has 0 spiro atoms. The molecule has 0 radical (unpaired) electrons. The lowest BCUT2D eigenvalue weighted by molar-refractivity contribution is 0.0551. The minimum atomic E-state index is -3.51.